The Bertz CT molecular complexity index is 331. The van der Waals surface area contributed by atoms with Gasteiger partial charge in [-0.3, -0.25) is 9.48 Å². The van der Waals surface area contributed by atoms with Crippen molar-refractivity contribution in [2.75, 3.05) is 0 Å². The molecule has 0 aliphatic rings. The Morgan fingerprint density at radius 3 is 2.67 bits per heavy atom. The topological polar surface area (TPSA) is 55.1 Å². The molecular weight excluding hydrogens is 192 g/mol. The Hall–Kier alpha value is -1.32. The van der Waals surface area contributed by atoms with Crippen molar-refractivity contribution in [1.29, 1.82) is 0 Å². The number of nitrogens with zero attached hydrogens (tertiary/aromatic N) is 2. The molecule has 4 heteroatoms. The summed E-state index contributed by atoms with van der Waals surface area (Å²) in [6.07, 6.45) is 3.18. The second kappa shape index (κ2) is 4.96. The largest absolute Gasteiger partial charge is 0.481 e. The van der Waals surface area contributed by atoms with Crippen LogP contribution in [0.5, 0.6) is 0 Å². The molecule has 0 spiro atoms. The van der Waals surface area contributed by atoms with Gasteiger partial charge in [-0.15, -0.1) is 0 Å². The number of aliphatic carboxylic acids is 1. The number of carboxylic acid groups (broad SMARTS) is 1. The van der Waals surface area contributed by atoms with Gasteiger partial charge >= 0.3 is 5.97 Å². The van der Waals surface area contributed by atoms with Gasteiger partial charge in [-0.05, 0) is 24.8 Å². The van der Waals surface area contributed by atoms with Crippen LogP contribution < -0.4 is 0 Å². The molecule has 0 radical (unpaired) electrons. The maximum atomic E-state index is 11.0. The molecule has 0 amide bonds. The number of carbonyl (C=O) groups is 1. The van der Waals surface area contributed by atoms with Crippen LogP contribution in [0.4, 0.5) is 0 Å². The molecule has 0 fully saturated rings. The van der Waals surface area contributed by atoms with E-state index in [2.05, 4.69) is 5.10 Å². The molecule has 15 heavy (non-hydrogen) atoms. The summed E-state index contributed by atoms with van der Waals surface area (Å²) in [6.45, 7) is 3.89. The predicted octanol–water partition coefficient (Wildman–Crippen LogP) is 1.71. The van der Waals surface area contributed by atoms with Gasteiger partial charge in [0.25, 0.3) is 0 Å². The highest BCUT2D eigenvalue weighted by Crippen LogP contribution is 2.18. The Kier molecular flexibility index (Phi) is 3.88. The molecule has 0 aromatic carbocycles. The van der Waals surface area contributed by atoms with Crippen LogP contribution in [0.25, 0.3) is 0 Å². The van der Waals surface area contributed by atoms with Crippen molar-refractivity contribution in [1.82, 2.24) is 9.78 Å². The Morgan fingerprint density at radius 1 is 1.60 bits per heavy atom. The van der Waals surface area contributed by atoms with Gasteiger partial charge < -0.3 is 5.11 Å². The summed E-state index contributed by atoms with van der Waals surface area (Å²) in [6, 6.07) is 1.93. The van der Waals surface area contributed by atoms with Crippen LogP contribution in [0, 0.1) is 11.8 Å². The third kappa shape index (κ3) is 3.08. The van der Waals surface area contributed by atoms with Gasteiger partial charge in [0.2, 0.25) is 0 Å². The fourth-order valence-corrected chi connectivity index (χ4v) is 1.69. The number of rotatable bonds is 5. The van der Waals surface area contributed by atoms with E-state index < -0.39 is 5.97 Å². The van der Waals surface area contributed by atoms with E-state index in [1.54, 1.807) is 10.9 Å². The highest BCUT2D eigenvalue weighted by molar-refractivity contribution is 5.70. The summed E-state index contributed by atoms with van der Waals surface area (Å²) in [7, 11) is 1.88. The molecule has 1 unspecified atom stereocenters. The van der Waals surface area contributed by atoms with Gasteiger partial charge in [-0.25, -0.2) is 0 Å². The van der Waals surface area contributed by atoms with Gasteiger partial charge in [0.15, 0.2) is 0 Å². The van der Waals surface area contributed by atoms with Gasteiger partial charge in [-0.1, -0.05) is 13.8 Å². The summed E-state index contributed by atoms with van der Waals surface area (Å²) in [5.41, 5.74) is 1.09. The van der Waals surface area contributed by atoms with Crippen LogP contribution in [0.3, 0.4) is 0 Å². The molecule has 0 saturated carbocycles. The Balaban J connectivity index is 2.55. The zero-order valence-electron chi connectivity index (χ0n) is 9.47. The predicted molar refractivity (Wildman–Crippen MR) is 57.5 cm³/mol. The van der Waals surface area contributed by atoms with E-state index in [0.717, 1.165) is 12.1 Å². The van der Waals surface area contributed by atoms with Crippen LogP contribution >= 0.6 is 0 Å². The van der Waals surface area contributed by atoms with E-state index in [9.17, 15) is 4.79 Å². The number of carboxylic acids is 1. The first-order valence-corrected chi connectivity index (χ1v) is 5.22. The fraction of sp³-hybridized carbons (Fsp3) is 0.636. The van der Waals surface area contributed by atoms with Gasteiger partial charge in [0.1, 0.15) is 0 Å². The second-order valence-electron chi connectivity index (χ2n) is 4.17. The number of hydrogen-bond acceptors (Lipinski definition) is 2. The first kappa shape index (κ1) is 11.8. The molecule has 0 aliphatic carbocycles. The van der Waals surface area contributed by atoms with Crippen molar-refractivity contribution in [2.45, 2.75) is 26.7 Å². The lowest BCUT2D eigenvalue weighted by molar-refractivity contribution is -0.143. The Labute approximate surface area is 89.9 Å². The van der Waals surface area contributed by atoms with Crippen LogP contribution in [-0.4, -0.2) is 20.9 Å². The molecule has 1 aromatic heterocycles. The minimum atomic E-state index is -0.702. The van der Waals surface area contributed by atoms with Crippen LogP contribution in [0.15, 0.2) is 12.3 Å². The minimum Gasteiger partial charge on any atom is -0.481 e. The lowest BCUT2D eigenvalue weighted by atomic mass is 9.91. The zero-order valence-corrected chi connectivity index (χ0v) is 9.47. The molecule has 84 valence electrons. The molecule has 1 atom stereocenters. The first-order valence-electron chi connectivity index (χ1n) is 5.22. The average molecular weight is 210 g/mol. The van der Waals surface area contributed by atoms with E-state index >= 15 is 0 Å². The summed E-state index contributed by atoms with van der Waals surface area (Å²) < 4.78 is 1.79. The van der Waals surface area contributed by atoms with Gasteiger partial charge in [0, 0.05) is 18.9 Å². The lowest BCUT2D eigenvalue weighted by Crippen LogP contribution is -2.20. The molecule has 1 heterocycles. The van der Waals surface area contributed by atoms with Crippen molar-refractivity contribution < 1.29 is 9.90 Å². The average Bonchev–Trinajstić information content (AvgIpc) is 2.51. The standard InChI is InChI=1S/C11H18N2O2/c1-8(2)10(11(14)15)5-4-9-6-7-12-13(9)3/h6-8,10H,4-5H2,1-3H3,(H,14,15). The number of aryl methyl sites for hydroxylation is 2. The third-order valence-electron chi connectivity index (χ3n) is 2.76. The van der Waals surface area contributed by atoms with Crippen molar-refractivity contribution >= 4 is 5.97 Å². The lowest BCUT2D eigenvalue weighted by Gasteiger charge is -2.15. The molecular formula is C11H18N2O2. The van der Waals surface area contributed by atoms with Crippen molar-refractivity contribution in [3.63, 3.8) is 0 Å². The summed E-state index contributed by atoms with van der Waals surface area (Å²) in [5.74, 6) is -0.789. The summed E-state index contributed by atoms with van der Waals surface area (Å²) in [5, 5.41) is 13.1. The number of aromatic nitrogens is 2. The smallest absolute Gasteiger partial charge is 0.306 e. The fourth-order valence-electron chi connectivity index (χ4n) is 1.69. The second-order valence-corrected chi connectivity index (χ2v) is 4.17. The normalized spacial score (nSPS) is 13.1. The van der Waals surface area contributed by atoms with Gasteiger partial charge in [-0.2, -0.15) is 5.10 Å². The van der Waals surface area contributed by atoms with E-state index in [-0.39, 0.29) is 11.8 Å². The molecule has 1 rings (SSSR count). The molecule has 1 aromatic rings. The minimum absolute atomic E-state index is 0.177. The van der Waals surface area contributed by atoms with Gasteiger partial charge in [0.05, 0.1) is 5.92 Å². The van der Waals surface area contributed by atoms with Crippen molar-refractivity contribution in [3.8, 4) is 0 Å². The number of hydrogen-bond donors (Lipinski definition) is 1. The molecule has 0 bridgehead atoms. The van der Waals surface area contributed by atoms with E-state index in [0.29, 0.717) is 6.42 Å². The van der Waals surface area contributed by atoms with E-state index in [1.807, 2.05) is 27.0 Å². The summed E-state index contributed by atoms with van der Waals surface area (Å²) >= 11 is 0. The molecule has 1 N–H and O–H groups in total. The molecule has 0 aliphatic heterocycles. The van der Waals surface area contributed by atoms with Crippen LogP contribution in [-0.2, 0) is 18.3 Å². The first-order chi connectivity index (χ1) is 7.02. The molecule has 0 saturated heterocycles. The highest BCUT2D eigenvalue weighted by Gasteiger charge is 2.21. The van der Waals surface area contributed by atoms with Crippen molar-refractivity contribution in [3.05, 3.63) is 18.0 Å². The SMILES string of the molecule is CC(C)C(CCc1ccnn1C)C(=O)O. The summed E-state index contributed by atoms with van der Waals surface area (Å²) in [4.78, 5) is 11.0. The van der Waals surface area contributed by atoms with Crippen molar-refractivity contribution in [2.24, 2.45) is 18.9 Å². The highest BCUT2D eigenvalue weighted by atomic mass is 16.4. The molecule has 4 nitrogen and oxygen atoms in total. The quantitative estimate of drug-likeness (QED) is 0.805. The maximum absolute atomic E-state index is 11.0. The van der Waals surface area contributed by atoms with Crippen LogP contribution in [0.1, 0.15) is 26.0 Å². The zero-order chi connectivity index (χ0) is 11.4. The van der Waals surface area contributed by atoms with E-state index in [4.69, 9.17) is 5.11 Å². The monoisotopic (exact) mass is 210 g/mol. The third-order valence-corrected chi connectivity index (χ3v) is 2.76. The van der Waals surface area contributed by atoms with Crippen LogP contribution in [0.2, 0.25) is 0 Å². The Morgan fingerprint density at radius 2 is 2.27 bits per heavy atom. The van der Waals surface area contributed by atoms with E-state index in [1.165, 1.54) is 0 Å². The maximum Gasteiger partial charge on any atom is 0.306 e.